The van der Waals surface area contributed by atoms with Crippen molar-refractivity contribution in [1.29, 1.82) is 0 Å². The predicted molar refractivity (Wildman–Crippen MR) is 270 cm³/mol. The molecule has 31 nitrogen and oxygen atoms in total. The second-order valence-corrected chi connectivity index (χ2v) is 23.0. The van der Waals surface area contributed by atoms with Gasteiger partial charge in [-0.15, -0.1) is 0 Å². The number of hydrogen-bond donors (Lipinski definition) is 9. The summed E-state index contributed by atoms with van der Waals surface area (Å²) in [4.78, 5) is 136. The van der Waals surface area contributed by atoms with Gasteiger partial charge < -0.3 is 55.5 Å². The maximum atomic E-state index is 16.5. The molecule has 3 aromatic rings. The Bertz CT molecular complexity index is 2910. The molecule has 12 atom stereocenters. The summed E-state index contributed by atoms with van der Waals surface area (Å²) in [7, 11) is -5.29. The third kappa shape index (κ3) is 16.0. The summed E-state index contributed by atoms with van der Waals surface area (Å²) in [6.07, 6.45) is -10.4. The van der Waals surface area contributed by atoms with E-state index >= 15 is 8.78 Å². The van der Waals surface area contributed by atoms with Crippen LogP contribution in [-0.4, -0.2) is 174 Å². The Morgan fingerprint density at radius 3 is 2.23 bits per heavy atom. The third-order valence-electron chi connectivity index (χ3n) is 12.8. The number of aromatic nitrogens is 6. The van der Waals surface area contributed by atoms with Gasteiger partial charge in [-0.1, -0.05) is 20.3 Å². The molecule has 4 saturated heterocycles. The SMILES string of the molecule is CC(C)C(NCCCCCN1C(=O)CCC1=O)C(=O)NC(CCCNC(N)=O)C(=O)NCCCOC(=O)Nc1ncnc2c1ncn2[C@@H]1O[C@@H]2COP(O)(=S)O[C@H]3[C@@H](F)[C@H](n4ccc(=O)[nH]c4=O)O[C@@H]3COP(=O)(O)O[C@H]2[C@H]1F. The molecule has 0 aromatic carbocycles. The Labute approximate surface area is 452 Å². The molecule has 0 saturated carbocycles. The Hall–Kier alpha value is -5.77. The molecule has 0 spiro atoms. The van der Waals surface area contributed by atoms with Gasteiger partial charge in [0.05, 0.1) is 32.2 Å². The number of halogens is 2. The van der Waals surface area contributed by atoms with Crippen molar-refractivity contribution in [3.63, 3.8) is 0 Å². The predicted octanol–water partition coefficient (Wildman–Crippen LogP) is -0.0965. The first-order valence-electron chi connectivity index (χ1n) is 25.0. The molecule has 4 aliphatic heterocycles. The number of rotatable bonds is 22. The number of ether oxygens (including phenoxy) is 3. The lowest BCUT2D eigenvalue weighted by Crippen LogP contribution is -2.54. The topological polar surface area (TPSA) is 412 Å². The lowest BCUT2D eigenvalue weighted by Gasteiger charge is -2.28. The largest absolute Gasteiger partial charge is 0.472 e. The minimum absolute atomic E-state index is 0.00151. The molecule has 4 unspecified atom stereocenters. The summed E-state index contributed by atoms with van der Waals surface area (Å²) < 4.78 is 85.2. The summed E-state index contributed by atoms with van der Waals surface area (Å²) in [5.74, 6) is -1.70. The molecule has 10 N–H and O–H groups in total. The van der Waals surface area contributed by atoms with Gasteiger partial charge in [0.2, 0.25) is 23.6 Å². The molecular weight excluding hydrogens is 1120 g/mol. The Morgan fingerprint density at radius 1 is 0.873 bits per heavy atom. The van der Waals surface area contributed by atoms with Crippen LogP contribution in [0.5, 0.6) is 0 Å². The summed E-state index contributed by atoms with van der Waals surface area (Å²) >= 11 is 5.11. The first-order chi connectivity index (χ1) is 37.5. The van der Waals surface area contributed by atoms with Crippen molar-refractivity contribution in [1.82, 2.24) is 55.2 Å². The minimum atomic E-state index is -5.29. The quantitative estimate of drug-likeness (QED) is 0.0360. The zero-order chi connectivity index (χ0) is 57.2. The average Bonchev–Trinajstić information content (AvgIpc) is 4.34. The number of nitrogens with two attached hydrogens (primary N) is 1. The average molecular weight is 1180 g/mol. The van der Waals surface area contributed by atoms with Crippen molar-refractivity contribution in [3.05, 3.63) is 45.8 Å². The standard InChI is InChI=1S/C43H61F2N13O18P2S/c1-22(2)31(47-12-4-3-5-15-56-27(60)9-10-28(56)61)38(63)53-23(8-6-13-49-41(46)64)37(62)48-14-7-17-70-43(66)55-35-32-36(51-20-50-35)58(21-52-32)40-29(44)33-25(74-40)19-72-78(69,79)76-34-24(18-71-77(67,68)75-33)73-39(30(34)45)57-16-11-26(59)54-42(57)65/h11,16,20-25,29-31,33-34,39-40,47H,3-10,12-15,17-19H2,1-2H3,(H,48,62)(H,53,63)(H,67,68)(H,69,79)(H3,46,49,64)(H,54,59,65)(H,50,51,55,66)/t23?,24-,25-,29-,30-,31?,33-,34-,39-,40-,78?/m1/s1. The number of aromatic amines is 1. The van der Waals surface area contributed by atoms with Gasteiger partial charge in [0.1, 0.15) is 36.8 Å². The number of nitrogens with zero attached hydrogens (tertiary/aromatic N) is 6. The number of carbonyl (C=O) groups is 6. The molecule has 36 heteroatoms. The molecule has 436 valence electrons. The third-order valence-corrected chi connectivity index (χ3v) is 15.4. The van der Waals surface area contributed by atoms with Crippen LogP contribution in [0.2, 0.25) is 0 Å². The molecule has 79 heavy (non-hydrogen) atoms. The Balaban J connectivity index is 0.904. The van der Waals surface area contributed by atoms with E-state index in [1.807, 2.05) is 18.8 Å². The van der Waals surface area contributed by atoms with Crippen LogP contribution in [-0.2, 0) is 67.9 Å². The van der Waals surface area contributed by atoms with Gasteiger partial charge in [-0.25, -0.2) is 42.7 Å². The van der Waals surface area contributed by atoms with Crippen molar-refractivity contribution >= 4 is 79.1 Å². The molecule has 0 radical (unpaired) electrons. The highest BCUT2D eigenvalue weighted by Crippen LogP contribution is 2.54. The first kappa shape index (κ1) is 60.9. The van der Waals surface area contributed by atoms with Crippen molar-refractivity contribution in [2.24, 2.45) is 11.7 Å². The van der Waals surface area contributed by atoms with Crippen LogP contribution in [0.15, 0.2) is 34.5 Å². The van der Waals surface area contributed by atoms with Crippen molar-refractivity contribution in [3.8, 4) is 0 Å². The highest BCUT2D eigenvalue weighted by atomic mass is 32.5. The van der Waals surface area contributed by atoms with Crippen LogP contribution < -0.4 is 43.6 Å². The molecule has 0 bridgehead atoms. The van der Waals surface area contributed by atoms with Gasteiger partial charge in [-0.05, 0) is 56.4 Å². The molecule has 7 heterocycles. The number of urea groups is 1. The van der Waals surface area contributed by atoms with Gasteiger partial charge >= 0.3 is 32.4 Å². The number of amides is 7. The van der Waals surface area contributed by atoms with Crippen LogP contribution in [0.3, 0.4) is 0 Å². The van der Waals surface area contributed by atoms with E-state index in [0.717, 1.165) is 29.5 Å². The molecule has 3 aromatic heterocycles. The number of phosphoric acid groups is 1. The van der Waals surface area contributed by atoms with Crippen LogP contribution in [0.4, 0.5) is 24.2 Å². The lowest BCUT2D eigenvalue weighted by atomic mass is 10.0. The number of carbonyl (C=O) groups excluding carboxylic acids is 6. The number of phosphoric ester groups is 1. The molecule has 4 fully saturated rings. The fraction of sp³-hybridized carbons (Fsp3) is 0.651. The molecule has 4 aliphatic rings. The van der Waals surface area contributed by atoms with E-state index in [9.17, 15) is 52.7 Å². The van der Waals surface area contributed by atoms with Crippen LogP contribution in [0.25, 0.3) is 11.2 Å². The highest BCUT2D eigenvalue weighted by Gasteiger charge is 2.54. The number of H-pyrrole nitrogens is 1. The summed E-state index contributed by atoms with van der Waals surface area (Å²) in [5, 5.41) is 13.6. The van der Waals surface area contributed by atoms with E-state index in [2.05, 4.69) is 41.5 Å². The summed E-state index contributed by atoms with van der Waals surface area (Å²) in [5.41, 5.74) is 3.07. The minimum Gasteiger partial charge on any atom is -0.449 e. The Morgan fingerprint density at radius 2 is 1.54 bits per heavy atom. The number of fused-ring (bicyclic) bond motifs is 3. The van der Waals surface area contributed by atoms with Gasteiger partial charge in [-0.3, -0.25) is 61.9 Å². The fourth-order valence-corrected chi connectivity index (χ4v) is 11.3. The van der Waals surface area contributed by atoms with E-state index in [1.54, 1.807) is 0 Å². The fourth-order valence-electron chi connectivity index (χ4n) is 8.90. The van der Waals surface area contributed by atoms with Gasteiger partial charge in [-0.2, -0.15) is 0 Å². The number of imide groups is 1. The van der Waals surface area contributed by atoms with Crippen molar-refractivity contribution in [2.45, 2.75) is 127 Å². The maximum absolute atomic E-state index is 16.5. The number of anilines is 1. The number of unbranched alkanes of at least 4 members (excludes halogenated alkanes) is 2. The normalized spacial score (nSPS) is 28.1. The van der Waals surface area contributed by atoms with Crippen LogP contribution in [0, 0.1) is 5.92 Å². The zero-order valence-corrected chi connectivity index (χ0v) is 45.1. The van der Waals surface area contributed by atoms with Crippen molar-refractivity contribution in [2.75, 3.05) is 51.3 Å². The molecule has 7 amide bonds. The Kier molecular flexibility index (Phi) is 20.9. The number of alkyl halides is 2. The van der Waals surface area contributed by atoms with E-state index in [1.165, 1.54) is 4.90 Å². The van der Waals surface area contributed by atoms with Gasteiger partial charge in [0.25, 0.3) is 5.56 Å². The molecular formula is C43H61F2N13O18P2S. The first-order valence-corrected chi connectivity index (χ1v) is 29.1. The molecule has 0 aliphatic carbocycles. The van der Waals surface area contributed by atoms with Crippen molar-refractivity contribution < 1.29 is 84.2 Å². The second-order valence-electron chi connectivity index (χ2n) is 18.8. The number of nitrogens with one attached hydrogen (secondary N) is 6. The van der Waals surface area contributed by atoms with Crippen LogP contribution in [0.1, 0.15) is 77.7 Å². The number of primary amides is 1. The summed E-state index contributed by atoms with van der Waals surface area (Å²) in [6.45, 7) is -1.96. The number of imidazole rings is 1. The lowest BCUT2D eigenvalue weighted by molar-refractivity contribution is -0.138. The van der Waals surface area contributed by atoms with E-state index in [-0.39, 0.29) is 86.5 Å². The monoisotopic (exact) mass is 1180 g/mol. The number of hydrogen-bond acceptors (Lipinski definition) is 21. The smallest absolute Gasteiger partial charge is 0.449 e. The molecule has 7 rings (SSSR count). The van der Waals surface area contributed by atoms with E-state index in [4.69, 9.17) is 49.8 Å². The van der Waals surface area contributed by atoms with E-state index in [0.29, 0.717) is 36.9 Å². The number of likely N-dealkylation sites (tertiary alicyclic amines) is 1. The maximum Gasteiger partial charge on any atom is 0.472 e. The zero-order valence-electron chi connectivity index (χ0n) is 42.5. The van der Waals surface area contributed by atoms with Gasteiger partial charge in [0, 0.05) is 44.7 Å². The van der Waals surface area contributed by atoms with Gasteiger partial charge in [0.15, 0.2) is 41.8 Å². The van der Waals surface area contributed by atoms with Crippen LogP contribution >= 0.6 is 14.5 Å². The summed E-state index contributed by atoms with van der Waals surface area (Å²) in [6, 6.07) is -1.55. The highest BCUT2D eigenvalue weighted by molar-refractivity contribution is 8.07. The van der Waals surface area contributed by atoms with E-state index < -0.39 is 124 Å². The second kappa shape index (κ2) is 27.1.